The van der Waals surface area contributed by atoms with Crippen molar-refractivity contribution in [1.29, 1.82) is 0 Å². The fraction of sp³-hybridized carbons (Fsp3) is 0.500. The molecule has 0 aliphatic heterocycles. The number of para-hydroxylation sites is 1. The van der Waals surface area contributed by atoms with Gasteiger partial charge < -0.3 is 15.6 Å². The molecule has 0 bridgehead atoms. The number of aliphatic hydroxyl groups excluding tert-OH is 1. The Kier molecular flexibility index (Phi) is 4.42. The first-order valence-electron chi connectivity index (χ1n) is 5.28. The lowest BCUT2D eigenvalue weighted by molar-refractivity contribution is -0.0511. The van der Waals surface area contributed by atoms with Crippen molar-refractivity contribution in [3.05, 3.63) is 29.8 Å². The minimum absolute atomic E-state index is 0.0523. The molecule has 96 valence electrons. The van der Waals surface area contributed by atoms with Crippen molar-refractivity contribution >= 4 is 0 Å². The highest BCUT2D eigenvalue weighted by atomic mass is 19.3. The largest absolute Gasteiger partial charge is 0.434 e. The molecule has 0 aliphatic rings. The molecule has 1 rings (SSSR count). The first-order chi connectivity index (χ1) is 7.88. The van der Waals surface area contributed by atoms with Crippen LogP contribution in [-0.2, 0) is 0 Å². The van der Waals surface area contributed by atoms with Crippen LogP contribution in [0, 0.1) is 5.41 Å². The van der Waals surface area contributed by atoms with E-state index < -0.39 is 18.1 Å². The number of hydrogen-bond acceptors (Lipinski definition) is 3. The predicted octanol–water partition coefficient (Wildman–Crippen LogP) is 2.31. The van der Waals surface area contributed by atoms with Crippen LogP contribution in [0.15, 0.2) is 24.3 Å². The van der Waals surface area contributed by atoms with E-state index in [4.69, 9.17) is 5.73 Å². The molecule has 0 aliphatic carbocycles. The van der Waals surface area contributed by atoms with Gasteiger partial charge in [0.25, 0.3) is 0 Å². The molecule has 0 heterocycles. The standard InChI is InChI=1S/C12H17F2NO2/c1-12(2,7-16)10(15)8-5-3-4-6-9(8)17-11(13)14/h3-6,10-11,16H,7,15H2,1-2H3/t10-/m0/s1. The third-order valence-electron chi connectivity index (χ3n) is 2.72. The van der Waals surface area contributed by atoms with Gasteiger partial charge in [-0.25, -0.2) is 0 Å². The van der Waals surface area contributed by atoms with E-state index >= 15 is 0 Å². The number of nitrogens with two attached hydrogens (primary N) is 1. The molecule has 1 atom stereocenters. The van der Waals surface area contributed by atoms with E-state index in [1.807, 2.05) is 0 Å². The van der Waals surface area contributed by atoms with Crippen molar-refractivity contribution in [3.63, 3.8) is 0 Å². The van der Waals surface area contributed by atoms with Crippen molar-refractivity contribution in [2.75, 3.05) is 6.61 Å². The second-order valence-electron chi connectivity index (χ2n) is 4.54. The van der Waals surface area contributed by atoms with Crippen molar-refractivity contribution in [2.45, 2.75) is 26.5 Å². The van der Waals surface area contributed by atoms with Gasteiger partial charge in [0.1, 0.15) is 5.75 Å². The zero-order valence-corrected chi connectivity index (χ0v) is 9.86. The van der Waals surface area contributed by atoms with Gasteiger partial charge in [0.2, 0.25) is 0 Å². The highest BCUT2D eigenvalue weighted by Gasteiger charge is 2.29. The first-order valence-corrected chi connectivity index (χ1v) is 5.28. The van der Waals surface area contributed by atoms with E-state index in [1.54, 1.807) is 32.0 Å². The predicted molar refractivity (Wildman–Crippen MR) is 60.9 cm³/mol. The Balaban J connectivity index is 3.04. The topological polar surface area (TPSA) is 55.5 Å². The summed E-state index contributed by atoms with van der Waals surface area (Å²) in [6, 6.07) is 5.78. The van der Waals surface area contributed by atoms with Crippen LogP contribution in [0.5, 0.6) is 5.75 Å². The van der Waals surface area contributed by atoms with E-state index in [2.05, 4.69) is 4.74 Å². The zero-order chi connectivity index (χ0) is 13.1. The van der Waals surface area contributed by atoms with Gasteiger partial charge in [0.15, 0.2) is 0 Å². The molecule has 1 aromatic carbocycles. The van der Waals surface area contributed by atoms with Crippen molar-refractivity contribution < 1.29 is 18.6 Å². The van der Waals surface area contributed by atoms with Crippen molar-refractivity contribution in [1.82, 2.24) is 0 Å². The van der Waals surface area contributed by atoms with Crippen LogP contribution in [0.1, 0.15) is 25.5 Å². The molecule has 0 spiro atoms. The molecule has 0 amide bonds. The van der Waals surface area contributed by atoms with Crippen LogP contribution in [-0.4, -0.2) is 18.3 Å². The highest BCUT2D eigenvalue weighted by Crippen LogP contribution is 2.35. The number of rotatable bonds is 5. The van der Waals surface area contributed by atoms with Gasteiger partial charge in [-0.05, 0) is 6.07 Å². The summed E-state index contributed by atoms with van der Waals surface area (Å²) in [5.74, 6) is 0.0523. The Bertz CT molecular complexity index is 369. The van der Waals surface area contributed by atoms with Crippen molar-refractivity contribution in [2.24, 2.45) is 11.1 Å². The molecule has 0 unspecified atom stereocenters. The average Bonchev–Trinajstić information content (AvgIpc) is 2.28. The quantitative estimate of drug-likeness (QED) is 0.837. The molecule has 0 saturated carbocycles. The van der Waals surface area contributed by atoms with Crippen LogP contribution in [0.2, 0.25) is 0 Å². The van der Waals surface area contributed by atoms with E-state index in [-0.39, 0.29) is 12.4 Å². The number of aliphatic hydroxyl groups is 1. The van der Waals surface area contributed by atoms with Gasteiger partial charge in [-0.1, -0.05) is 32.0 Å². The molecule has 3 nitrogen and oxygen atoms in total. The normalized spacial score (nSPS) is 13.8. The fourth-order valence-electron chi connectivity index (χ4n) is 1.46. The molecule has 0 aromatic heterocycles. The van der Waals surface area contributed by atoms with Crippen LogP contribution >= 0.6 is 0 Å². The number of ether oxygens (including phenoxy) is 1. The van der Waals surface area contributed by atoms with Crippen LogP contribution in [0.4, 0.5) is 8.78 Å². The smallest absolute Gasteiger partial charge is 0.387 e. The summed E-state index contributed by atoms with van der Waals surface area (Å²) < 4.78 is 28.9. The third kappa shape index (κ3) is 3.38. The molecule has 0 radical (unpaired) electrons. The van der Waals surface area contributed by atoms with Gasteiger partial charge >= 0.3 is 6.61 Å². The van der Waals surface area contributed by atoms with Crippen molar-refractivity contribution in [3.8, 4) is 5.75 Å². The lowest BCUT2D eigenvalue weighted by atomic mass is 9.81. The van der Waals surface area contributed by atoms with E-state index in [0.29, 0.717) is 5.56 Å². The second kappa shape index (κ2) is 5.42. The second-order valence-corrected chi connectivity index (χ2v) is 4.54. The lowest BCUT2D eigenvalue weighted by Gasteiger charge is -2.30. The SMILES string of the molecule is CC(C)(CO)[C@@H](N)c1ccccc1OC(F)F. The molecule has 3 N–H and O–H groups in total. The minimum atomic E-state index is -2.89. The van der Waals surface area contributed by atoms with E-state index in [1.165, 1.54) is 6.07 Å². The zero-order valence-electron chi connectivity index (χ0n) is 9.86. The molecule has 0 fully saturated rings. The maximum atomic E-state index is 12.2. The molecule has 1 aromatic rings. The summed E-state index contributed by atoms with van der Waals surface area (Å²) >= 11 is 0. The van der Waals surface area contributed by atoms with Gasteiger partial charge in [0.05, 0.1) is 0 Å². The molecular weight excluding hydrogens is 228 g/mol. The summed E-state index contributed by atoms with van der Waals surface area (Å²) in [5.41, 5.74) is 5.83. The Hall–Kier alpha value is -1.20. The highest BCUT2D eigenvalue weighted by molar-refractivity contribution is 5.36. The van der Waals surface area contributed by atoms with E-state index in [0.717, 1.165) is 0 Å². The van der Waals surface area contributed by atoms with E-state index in [9.17, 15) is 13.9 Å². The summed E-state index contributed by atoms with van der Waals surface area (Å²) in [7, 11) is 0. The number of halogens is 2. The molecular formula is C12H17F2NO2. The van der Waals surface area contributed by atoms with Crippen LogP contribution in [0.3, 0.4) is 0 Å². The Labute approximate surface area is 99.2 Å². The van der Waals surface area contributed by atoms with Crippen LogP contribution in [0.25, 0.3) is 0 Å². The Morgan fingerprint density at radius 3 is 2.47 bits per heavy atom. The van der Waals surface area contributed by atoms with Gasteiger partial charge in [0, 0.05) is 23.6 Å². The first kappa shape index (κ1) is 13.9. The summed E-state index contributed by atoms with van der Waals surface area (Å²) in [6.45, 7) is 0.491. The Morgan fingerprint density at radius 2 is 1.94 bits per heavy atom. The summed E-state index contributed by atoms with van der Waals surface area (Å²) in [6.07, 6.45) is 0. The molecule has 17 heavy (non-hydrogen) atoms. The van der Waals surface area contributed by atoms with Crippen LogP contribution < -0.4 is 10.5 Å². The summed E-state index contributed by atoms with van der Waals surface area (Å²) in [5, 5.41) is 9.23. The fourth-order valence-corrected chi connectivity index (χ4v) is 1.46. The van der Waals surface area contributed by atoms with Gasteiger partial charge in [-0.2, -0.15) is 8.78 Å². The number of hydrogen-bond donors (Lipinski definition) is 2. The lowest BCUT2D eigenvalue weighted by Crippen LogP contribution is -2.32. The van der Waals surface area contributed by atoms with Gasteiger partial charge in [-0.3, -0.25) is 0 Å². The average molecular weight is 245 g/mol. The monoisotopic (exact) mass is 245 g/mol. The van der Waals surface area contributed by atoms with Gasteiger partial charge in [-0.15, -0.1) is 0 Å². The minimum Gasteiger partial charge on any atom is -0.434 e. The maximum Gasteiger partial charge on any atom is 0.387 e. The number of alkyl halides is 2. The third-order valence-corrected chi connectivity index (χ3v) is 2.72. The maximum absolute atomic E-state index is 12.2. The number of benzene rings is 1. The summed E-state index contributed by atoms with van der Waals surface area (Å²) in [4.78, 5) is 0. The molecule has 5 heteroatoms. The Morgan fingerprint density at radius 1 is 1.35 bits per heavy atom. The molecule has 0 saturated heterocycles.